The highest BCUT2D eigenvalue weighted by atomic mass is 35.5. The van der Waals surface area contributed by atoms with Crippen molar-refractivity contribution in [3.05, 3.63) is 30.2 Å². The third kappa shape index (κ3) is 4.83. The van der Waals surface area contributed by atoms with Crippen LogP contribution in [-0.2, 0) is 4.79 Å². The average Bonchev–Trinajstić information content (AvgIpc) is 2.81. The molecule has 22 heavy (non-hydrogen) atoms. The number of nitrogens with zero attached hydrogens (tertiary/aromatic N) is 3. The predicted octanol–water partition coefficient (Wildman–Crippen LogP) is 2.12. The first-order valence-corrected chi connectivity index (χ1v) is 6.84. The third-order valence-corrected chi connectivity index (χ3v) is 3.15. The highest BCUT2D eigenvalue weighted by molar-refractivity contribution is 5.85. The van der Waals surface area contributed by atoms with Gasteiger partial charge in [-0.2, -0.15) is 0 Å². The summed E-state index contributed by atoms with van der Waals surface area (Å²) in [5, 5.41) is 11.1. The van der Waals surface area contributed by atoms with Crippen molar-refractivity contribution in [1.29, 1.82) is 0 Å². The van der Waals surface area contributed by atoms with Crippen LogP contribution in [0.3, 0.4) is 0 Å². The van der Waals surface area contributed by atoms with Crippen LogP contribution < -0.4 is 11.1 Å². The first kappa shape index (κ1) is 20.6. The standard InChI is InChI=1S/C14H21N5O.2ClH/c1-9(2)8-11(15)14(20)16-10(3)13-18-17-12-6-4-5-7-19(12)13;;/h4-7,9-11H,8,15H2,1-3H3,(H,16,20);2*1H/t10?,11-;;/m0../s1. The van der Waals surface area contributed by atoms with E-state index in [1.54, 1.807) is 0 Å². The van der Waals surface area contributed by atoms with E-state index in [9.17, 15) is 4.79 Å². The van der Waals surface area contributed by atoms with E-state index in [1.807, 2.05) is 49.6 Å². The van der Waals surface area contributed by atoms with Crippen LogP contribution in [0.1, 0.15) is 39.1 Å². The molecule has 1 unspecified atom stereocenters. The van der Waals surface area contributed by atoms with E-state index in [-0.39, 0.29) is 36.8 Å². The molecule has 124 valence electrons. The zero-order valence-corrected chi connectivity index (χ0v) is 14.5. The van der Waals surface area contributed by atoms with Gasteiger partial charge in [-0.15, -0.1) is 35.0 Å². The van der Waals surface area contributed by atoms with Gasteiger partial charge >= 0.3 is 0 Å². The summed E-state index contributed by atoms with van der Waals surface area (Å²) in [6.45, 7) is 5.97. The number of halogens is 2. The predicted molar refractivity (Wildman–Crippen MR) is 91.5 cm³/mol. The molecule has 0 fully saturated rings. The minimum absolute atomic E-state index is 0. The number of pyridine rings is 1. The van der Waals surface area contributed by atoms with Gasteiger partial charge in [-0.3, -0.25) is 9.20 Å². The van der Waals surface area contributed by atoms with Crippen LogP contribution in [-0.4, -0.2) is 26.5 Å². The van der Waals surface area contributed by atoms with Gasteiger partial charge in [0.05, 0.1) is 12.1 Å². The van der Waals surface area contributed by atoms with E-state index in [4.69, 9.17) is 5.73 Å². The molecule has 0 aliphatic carbocycles. The van der Waals surface area contributed by atoms with Gasteiger partial charge < -0.3 is 11.1 Å². The van der Waals surface area contributed by atoms with Crippen LogP contribution in [0.5, 0.6) is 0 Å². The van der Waals surface area contributed by atoms with E-state index in [0.717, 1.165) is 5.65 Å². The molecule has 0 saturated carbocycles. The van der Waals surface area contributed by atoms with Crippen LogP contribution in [0.2, 0.25) is 0 Å². The Balaban J connectivity index is 0.00000220. The number of nitrogens with two attached hydrogens (primary N) is 1. The zero-order chi connectivity index (χ0) is 14.7. The van der Waals surface area contributed by atoms with Crippen molar-refractivity contribution >= 4 is 36.4 Å². The maximum atomic E-state index is 12.0. The third-order valence-electron chi connectivity index (χ3n) is 3.15. The Labute approximate surface area is 142 Å². The Bertz CT molecular complexity index is 602. The summed E-state index contributed by atoms with van der Waals surface area (Å²) in [6.07, 6.45) is 2.54. The van der Waals surface area contributed by atoms with Crippen molar-refractivity contribution in [3.8, 4) is 0 Å². The zero-order valence-electron chi connectivity index (χ0n) is 12.9. The number of nitrogens with one attached hydrogen (secondary N) is 1. The van der Waals surface area contributed by atoms with Crippen molar-refractivity contribution in [2.45, 2.75) is 39.3 Å². The first-order valence-electron chi connectivity index (χ1n) is 6.84. The summed E-state index contributed by atoms with van der Waals surface area (Å²) in [5.74, 6) is 0.935. The molecule has 1 amide bonds. The largest absolute Gasteiger partial charge is 0.345 e. The second-order valence-corrected chi connectivity index (χ2v) is 5.45. The number of aromatic nitrogens is 3. The first-order chi connectivity index (χ1) is 9.49. The summed E-state index contributed by atoms with van der Waals surface area (Å²) >= 11 is 0. The topological polar surface area (TPSA) is 85.3 Å². The van der Waals surface area contributed by atoms with Gasteiger partial charge in [0.25, 0.3) is 0 Å². The monoisotopic (exact) mass is 347 g/mol. The van der Waals surface area contributed by atoms with Gasteiger partial charge in [-0.05, 0) is 31.4 Å². The lowest BCUT2D eigenvalue weighted by Gasteiger charge is -2.17. The smallest absolute Gasteiger partial charge is 0.237 e. The van der Waals surface area contributed by atoms with Gasteiger partial charge in [-0.1, -0.05) is 19.9 Å². The number of rotatable bonds is 5. The molecule has 3 N–H and O–H groups in total. The highest BCUT2D eigenvalue weighted by Gasteiger charge is 2.20. The van der Waals surface area contributed by atoms with E-state index in [1.165, 1.54) is 0 Å². The van der Waals surface area contributed by atoms with Gasteiger partial charge in [0, 0.05) is 6.20 Å². The quantitative estimate of drug-likeness (QED) is 0.867. The molecular formula is C14H23Cl2N5O. The molecule has 2 aromatic heterocycles. The Hall–Kier alpha value is -1.37. The molecule has 6 nitrogen and oxygen atoms in total. The number of amides is 1. The van der Waals surface area contributed by atoms with E-state index >= 15 is 0 Å². The number of carbonyl (C=O) groups is 1. The molecule has 0 saturated heterocycles. The Kier molecular flexibility index (Phi) is 8.37. The van der Waals surface area contributed by atoms with Crippen LogP contribution in [0, 0.1) is 5.92 Å². The van der Waals surface area contributed by atoms with E-state index in [0.29, 0.717) is 18.2 Å². The van der Waals surface area contributed by atoms with Crippen molar-refractivity contribution in [2.24, 2.45) is 11.7 Å². The molecule has 2 aromatic rings. The van der Waals surface area contributed by atoms with Crippen molar-refractivity contribution < 1.29 is 4.79 Å². The normalized spacial score (nSPS) is 13.1. The fourth-order valence-electron chi connectivity index (χ4n) is 2.16. The molecule has 2 atom stereocenters. The van der Waals surface area contributed by atoms with Crippen molar-refractivity contribution in [2.75, 3.05) is 0 Å². The summed E-state index contributed by atoms with van der Waals surface area (Å²) in [5.41, 5.74) is 6.64. The molecular weight excluding hydrogens is 325 g/mol. The lowest BCUT2D eigenvalue weighted by atomic mass is 10.0. The number of hydrogen-bond acceptors (Lipinski definition) is 4. The molecule has 0 spiro atoms. The van der Waals surface area contributed by atoms with Crippen molar-refractivity contribution in [1.82, 2.24) is 19.9 Å². The minimum atomic E-state index is -0.489. The maximum absolute atomic E-state index is 12.0. The summed E-state index contributed by atoms with van der Waals surface area (Å²) in [7, 11) is 0. The number of hydrogen-bond donors (Lipinski definition) is 2. The highest BCUT2D eigenvalue weighted by Crippen LogP contribution is 2.12. The SMILES string of the molecule is CC(C)C[C@H](N)C(=O)NC(C)c1nnc2ccccn12.Cl.Cl. The molecule has 0 bridgehead atoms. The molecule has 0 aliphatic heterocycles. The van der Waals surface area contributed by atoms with Crippen LogP contribution in [0.25, 0.3) is 5.65 Å². The second-order valence-electron chi connectivity index (χ2n) is 5.45. The summed E-state index contributed by atoms with van der Waals surface area (Å²) < 4.78 is 1.86. The molecule has 0 aromatic carbocycles. The molecule has 8 heteroatoms. The summed E-state index contributed by atoms with van der Waals surface area (Å²) in [6, 6.07) is 4.94. The van der Waals surface area contributed by atoms with Crippen molar-refractivity contribution in [3.63, 3.8) is 0 Å². The lowest BCUT2D eigenvalue weighted by Crippen LogP contribution is -2.42. The minimum Gasteiger partial charge on any atom is -0.345 e. The second kappa shape index (κ2) is 8.92. The fraction of sp³-hybridized carbons (Fsp3) is 0.500. The Morgan fingerprint density at radius 1 is 1.27 bits per heavy atom. The van der Waals surface area contributed by atoms with Crippen LogP contribution in [0.15, 0.2) is 24.4 Å². The molecule has 0 radical (unpaired) electrons. The van der Waals surface area contributed by atoms with E-state index < -0.39 is 6.04 Å². The molecule has 2 heterocycles. The molecule has 2 rings (SSSR count). The number of carbonyl (C=O) groups excluding carboxylic acids is 1. The van der Waals surface area contributed by atoms with Crippen LogP contribution in [0.4, 0.5) is 0 Å². The van der Waals surface area contributed by atoms with Gasteiger partial charge in [0.15, 0.2) is 11.5 Å². The van der Waals surface area contributed by atoms with E-state index in [2.05, 4.69) is 15.5 Å². The maximum Gasteiger partial charge on any atom is 0.237 e. The Morgan fingerprint density at radius 3 is 2.59 bits per heavy atom. The van der Waals surface area contributed by atoms with Gasteiger partial charge in [-0.25, -0.2) is 0 Å². The fourth-order valence-corrected chi connectivity index (χ4v) is 2.16. The number of fused-ring (bicyclic) bond motifs is 1. The van der Waals surface area contributed by atoms with Crippen LogP contribution >= 0.6 is 24.8 Å². The van der Waals surface area contributed by atoms with Gasteiger partial charge in [0.2, 0.25) is 5.91 Å². The Morgan fingerprint density at radius 2 is 1.95 bits per heavy atom. The average molecular weight is 348 g/mol. The molecule has 0 aliphatic rings. The summed E-state index contributed by atoms with van der Waals surface area (Å²) in [4.78, 5) is 12.0. The van der Waals surface area contributed by atoms with Gasteiger partial charge in [0.1, 0.15) is 0 Å². The lowest BCUT2D eigenvalue weighted by molar-refractivity contribution is -0.123.